The molecule has 188 valence electrons. The topological polar surface area (TPSA) is 62.2 Å². The highest BCUT2D eigenvalue weighted by molar-refractivity contribution is 7.03. The van der Waals surface area contributed by atoms with E-state index in [-0.39, 0.29) is 30.3 Å². The number of carboxylic acids is 1. The molecule has 0 aliphatic heterocycles. The summed E-state index contributed by atoms with van der Waals surface area (Å²) in [6.45, 7) is 6.51. The molecule has 8 heteroatoms. The van der Waals surface area contributed by atoms with Gasteiger partial charge < -0.3 is 10.4 Å². The first-order valence-corrected chi connectivity index (χ1v) is 13.0. The number of hydrogen-bond acceptors (Lipinski definition) is 4. The fourth-order valence-electron chi connectivity index (χ4n) is 5.17. The van der Waals surface area contributed by atoms with Gasteiger partial charge in [0.05, 0.1) is 11.3 Å². The minimum absolute atomic E-state index is 0.0184. The van der Waals surface area contributed by atoms with E-state index in [1.165, 1.54) is 17.1 Å². The molecule has 1 aliphatic carbocycles. The van der Waals surface area contributed by atoms with Gasteiger partial charge in [0, 0.05) is 29.4 Å². The monoisotopic (exact) mass is 496 g/mol. The second kappa shape index (κ2) is 11.7. The molecule has 1 aromatic carbocycles. The molecule has 0 saturated heterocycles. The van der Waals surface area contributed by atoms with Crippen molar-refractivity contribution in [3.05, 3.63) is 52.0 Å². The van der Waals surface area contributed by atoms with Crippen molar-refractivity contribution in [3.63, 3.8) is 0 Å². The number of carbonyl (C=O) groups is 1. The maximum absolute atomic E-state index is 13.1. The number of aliphatic carboxylic acids is 1. The molecule has 1 aliphatic rings. The van der Waals surface area contributed by atoms with Gasteiger partial charge in [-0.25, -0.2) is 0 Å². The Kier molecular flexibility index (Phi) is 9.15. The van der Waals surface area contributed by atoms with Gasteiger partial charge in [0.2, 0.25) is 0 Å². The smallest absolute Gasteiger partial charge is 0.416 e. The highest BCUT2D eigenvalue weighted by atomic mass is 32.1. The first kappa shape index (κ1) is 26.7. The van der Waals surface area contributed by atoms with E-state index in [0.717, 1.165) is 55.5 Å². The van der Waals surface area contributed by atoms with Crippen LogP contribution in [-0.4, -0.2) is 21.5 Å². The SMILES string of the molecule is CCCc1nscc1C(CC(C)C)N[C@@H]1CC[C@@H](CC(=O)O)C[C@H]1c1ccc(C(F)(F)F)cc1. The fourth-order valence-corrected chi connectivity index (χ4v) is 5.96. The molecular weight excluding hydrogens is 461 g/mol. The summed E-state index contributed by atoms with van der Waals surface area (Å²) >= 11 is 1.47. The number of benzene rings is 1. The summed E-state index contributed by atoms with van der Waals surface area (Å²) in [6.07, 6.45) is 0.810. The third-order valence-corrected chi connectivity index (χ3v) is 7.43. The first-order valence-electron chi connectivity index (χ1n) is 12.2. The lowest BCUT2D eigenvalue weighted by molar-refractivity contribution is -0.139. The van der Waals surface area contributed by atoms with E-state index in [9.17, 15) is 23.1 Å². The molecule has 0 amide bonds. The van der Waals surface area contributed by atoms with Crippen LogP contribution in [-0.2, 0) is 17.4 Å². The van der Waals surface area contributed by atoms with E-state index in [0.29, 0.717) is 12.3 Å². The largest absolute Gasteiger partial charge is 0.481 e. The Hall–Kier alpha value is -1.93. The van der Waals surface area contributed by atoms with Crippen molar-refractivity contribution in [2.24, 2.45) is 11.8 Å². The molecule has 0 spiro atoms. The number of alkyl halides is 3. The summed E-state index contributed by atoms with van der Waals surface area (Å²) in [5, 5.41) is 15.3. The van der Waals surface area contributed by atoms with E-state index in [2.05, 4.69) is 35.8 Å². The molecule has 1 saturated carbocycles. The quantitative estimate of drug-likeness (QED) is 0.365. The summed E-state index contributed by atoms with van der Waals surface area (Å²) in [4.78, 5) is 11.4. The number of aromatic nitrogens is 1. The van der Waals surface area contributed by atoms with Crippen LogP contribution in [0.5, 0.6) is 0 Å². The average molecular weight is 497 g/mol. The Morgan fingerprint density at radius 2 is 1.94 bits per heavy atom. The lowest BCUT2D eigenvalue weighted by Crippen LogP contribution is -2.42. The van der Waals surface area contributed by atoms with E-state index >= 15 is 0 Å². The van der Waals surface area contributed by atoms with Crippen LogP contribution in [0.15, 0.2) is 29.6 Å². The maximum Gasteiger partial charge on any atom is 0.416 e. The second-order valence-corrected chi connectivity index (χ2v) is 10.6. The minimum atomic E-state index is -4.38. The zero-order valence-corrected chi connectivity index (χ0v) is 20.9. The zero-order chi connectivity index (χ0) is 24.9. The summed E-state index contributed by atoms with van der Waals surface area (Å²) in [6, 6.07) is 5.58. The van der Waals surface area contributed by atoms with Crippen molar-refractivity contribution in [3.8, 4) is 0 Å². The van der Waals surface area contributed by atoms with Crippen molar-refractivity contribution in [2.75, 3.05) is 0 Å². The van der Waals surface area contributed by atoms with Crippen LogP contribution in [0.1, 0.15) is 93.6 Å². The minimum Gasteiger partial charge on any atom is -0.481 e. The van der Waals surface area contributed by atoms with E-state index in [1.54, 1.807) is 12.1 Å². The van der Waals surface area contributed by atoms with Crippen LogP contribution in [0.2, 0.25) is 0 Å². The highest BCUT2D eigenvalue weighted by Gasteiger charge is 2.36. The van der Waals surface area contributed by atoms with Gasteiger partial charge in [0.1, 0.15) is 0 Å². The van der Waals surface area contributed by atoms with Gasteiger partial charge in [-0.3, -0.25) is 4.79 Å². The Bertz CT molecular complexity index is 927. The molecule has 34 heavy (non-hydrogen) atoms. The number of nitrogens with one attached hydrogen (secondary N) is 1. The van der Waals surface area contributed by atoms with E-state index in [1.807, 2.05) is 0 Å². The van der Waals surface area contributed by atoms with Gasteiger partial charge in [0.25, 0.3) is 0 Å². The van der Waals surface area contributed by atoms with Crippen molar-refractivity contribution >= 4 is 17.5 Å². The molecule has 3 rings (SSSR count). The predicted molar refractivity (Wildman–Crippen MR) is 129 cm³/mol. The molecule has 1 aromatic heterocycles. The third kappa shape index (κ3) is 7.04. The number of carboxylic acid groups (broad SMARTS) is 1. The Morgan fingerprint density at radius 1 is 1.24 bits per heavy atom. The second-order valence-electron chi connectivity index (χ2n) is 9.93. The van der Waals surface area contributed by atoms with Gasteiger partial charge in [-0.2, -0.15) is 17.5 Å². The lowest BCUT2D eigenvalue weighted by atomic mass is 9.73. The van der Waals surface area contributed by atoms with Crippen molar-refractivity contribution in [1.29, 1.82) is 0 Å². The summed E-state index contributed by atoms with van der Waals surface area (Å²) < 4.78 is 43.9. The van der Waals surface area contributed by atoms with Gasteiger partial charge in [-0.05, 0) is 79.1 Å². The fraction of sp³-hybridized carbons (Fsp3) is 0.615. The first-order chi connectivity index (χ1) is 16.1. The molecule has 1 fully saturated rings. The molecule has 1 unspecified atom stereocenters. The summed E-state index contributed by atoms with van der Waals surface area (Å²) in [7, 11) is 0. The van der Waals surface area contributed by atoms with Crippen molar-refractivity contribution < 1.29 is 23.1 Å². The standard InChI is InChI=1S/C26H35F3N2O2S/c1-4-5-23-21(15-34-31-23)24(12-16(2)3)30-22-11-6-17(14-25(32)33)13-20(22)18-7-9-19(10-8-18)26(27,28)29/h7-10,15-17,20,22,24,30H,4-6,11-14H2,1-3H3,(H,32,33)/t17-,20+,22-,24?/m1/s1. The molecule has 4 atom stereocenters. The normalized spacial score (nSPS) is 22.1. The molecule has 0 bridgehead atoms. The Labute approximate surface area is 204 Å². The van der Waals surface area contributed by atoms with Gasteiger partial charge >= 0.3 is 12.1 Å². The third-order valence-electron chi connectivity index (χ3n) is 6.75. The highest BCUT2D eigenvalue weighted by Crippen LogP contribution is 2.41. The molecule has 1 heterocycles. The Morgan fingerprint density at radius 3 is 2.53 bits per heavy atom. The number of rotatable bonds is 10. The zero-order valence-electron chi connectivity index (χ0n) is 20.1. The van der Waals surface area contributed by atoms with Crippen LogP contribution < -0.4 is 5.32 Å². The summed E-state index contributed by atoms with van der Waals surface area (Å²) in [5.41, 5.74) is 2.52. The molecular formula is C26H35F3N2O2S. The number of aryl methyl sites for hydroxylation is 1. The molecule has 4 nitrogen and oxygen atoms in total. The van der Waals surface area contributed by atoms with Gasteiger partial charge in [-0.1, -0.05) is 39.3 Å². The van der Waals surface area contributed by atoms with E-state index < -0.39 is 17.7 Å². The predicted octanol–water partition coefficient (Wildman–Crippen LogP) is 7.22. The Balaban J connectivity index is 1.89. The van der Waals surface area contributed by atoms with Crippen LogP contribution in [0.4, 0.5) is 13.2 Å². The number of hydrogen-bond donors (Lipinski definition) is 2. The molecule has 2 N–H and O–H groups in total. The molecule has 2 aromatic rings. The van der Waals surface area contributed by atoms with Gasteiger partial charge in [0.15, 0.2) is 0 Å². The van der Waals surface area contributed by atoms with Crippen LogP contribution in [0, 0.1) is 11.8 Å². The lowest BCUT2D eigenvalue weighted by Gasteiger charge is -2.39. The van der Waals surface area contributed by atoms with Crippen LogP contribution in [0.3, 0.4) is 0 Å². The van der Waals surface area contributed by atoms with Crippen LogP contribution >= 0.6 is 11.5 Å². The van der Waals surface area contributed by atoms with Crippen molar-refractivity contribution in [2.45, 2.75) is 89.9 Å². The van der Waals surface area contributed by atoms with Crippen molar-refractivity contribution in [1.82, 2.24) is 9.69 Å². The summed E-state index contributed by atoms with van der Waals surface area (Å²) in [5.74, 6) is -0.394. The van der Waals surface area contributed by atoms with E-state index in [4.69, 9.17) is 0 Å². The molecule has 0 radical (unpaired) electrons. The maximum atomic E-state index is 13.1. The number of halogens is 3. The van der Waals surface area contributed by atoms with Crippen LogP contribution in [0.25, 0.3) is 0 Å². The number of nitrogens with zero attached hydrogens (tertiary/aromatic N) is 1. The average Bonchev–Trinajstić information content (AvgIpc) is 3.21. The van der Waals surface area contributed by atoms with Gasteiger partial charge in [-0.15, -0.1) is 0 Å².